The van der Waals surface area contributed by atoms with Crippen molar-refractivity contribution in [1.29, 1.82) is 0 Å². The second kappa shape index (κ2) is 2.41. The van der Waals surface area contributed by atoms with E-state index >= 15 is 0 Å². The first-order chi connectivity index (χ1) is 5.81. The SMILES string of the molecule is COc1ccc2c(c1)ncn2N. The van der Waals surface area contributed by atoms with E-state index in [1.807, 2.05) is 18.2 Å². The predicted molar refractivity (Wildman–Crippen MR) is 46.4 cm³/mol. The molecule has 2 rings (SSSR count). The lowest BCUT2D eigenvalue weighted by Gasteiger charge is -1.98. The minimum atomic E-state index is 0.793. The molecule has 2 aromatic rings. The molecule has 0 fully saturated rings. The summed E-state index contributed by atoms with van der Waals surface area (Å²) in [6, 6.07) is 5.58. The average Bonchev–Trinajstić information content (AvgIpc) is 2.47. The molecule has 0 saturated carbocycles. The molecule has 0 spiro atoms. The first-order valence-electron chi connectivity index (χ1n) is 3.57. The number of hydrogen-bond acceptors (Lipinski definition) is 3. The number of benzene rings is 1. The fraction of sp³-hybridized carbons (Fsp3) is 0.125. The highest BCUT2D eigenvalue weighted by Gasteiger charge is 2.00. The molecule has 0 amide bonds. The maximum atomic E-state index is 5.58. The van der Waals surface area contributed by atoms with E-state index in [-0.39, 0.29) is 0 Å². The van der Waals surface area contributed by atoms with Crippen LogP contribution in [0.15, 0.2) is 24.5 Å². The standard InChI is InChI=1S/C8H9N3O/c1-12-6-2-3-8-7(4-6)10-5-11(8)9/h2-5H,9H2,1H3. The van der Waals surface area contributed by atoms with Crippen LogP contribution in [0.2, 0.25) is 0 Å². The zero-order valence-electron chi connectivity index (χ0n) is 6.69. The molecule has 0 saturated heterocycles. The Bertz CT molecular complexity index is 408. The van der Waals surface area contributed by atoms with Gasteiger partial charge in [0.2, 0.25) is 0 Å². The number of methoxy groups -OCH3 is 1. The third-order valence-electron chi connectivity index (χ3n) is 1.78. The van der Waals surface area contributed by atoms with E-state index in [2.05, 4.69) is 4.98 Å². The molecule has 0 aliphatic heterocycles. The average molecular weight is 163 g/mol. The Morgan fingerprint density at radius 1 is 1.50 bits per heavy atom. The second-order valence-corrected chi connectivity index (χ2v) is 2.51. The molecule has 0 atom stereocenters. The molecule has 0 aliphatic carbocycles. The van der Waals surface area contributed by atoms with Gasteiger partial charge in [-0.2, -0.15) is 0 Å². The molecule has 4 heteroatoms. The largest absolute Gasteiger partial charge is 0.497 e. The van der Waals surface area contributed by atoms with Gasteiger partial charge in [0.05, 0.1) is 18.1 Å². The zero-order chi connectivity index (χ0) is 8.55. The zero-order valence-corrected chi connectivity index (χ0v) is 6.69. The van der Waals surface area contributed by atoms with Crippen molar-refractivity contribution in [2.45, 2.75) is 0 Å². The van der Waals surface area contributed by atoms with E-state index in [0.29, 0.717) is 0 Å². The third kappa shape index (κ3) is 0.887. The number of aromatic nitrogens is 2. The van der Waals surface area contributed by atoms with Gasteiger partial charge in [0.1, 0.15) is 12.1 Å². The number of nitrogens with two attached hydrogens (primary N) is 1. The Labute approximate surface area is 69.5 Å². The molecular weight excluding hydrogens is 154 g/mol. The normalized spacial score (nSPS) is 10.4. The Morgan fingerprint density at radius 3 is 3.08 bits per heavy atom. The summed E-state index contributed by atoms with van der Waals surface area (Å²) in [6.07, 6.45) is 1.57. The first kappa shape index (κ1) is 6.97. The molecule has 12 heavy (non-hydrogen) atoms. The Hall–Kier alpha value is -1.71. The van der Waals surface area contributed by atoms with Gasteiger partial charge in [-0.05, 0) is 12.1 Å². The monoisotopic (exact) mass is 163 g/mol. The van der Waals surface area contributed by atoms with Gasteiger partial charge in [0, 0.05) is 6.07 Å². The molecule has 4 nitrogen and oxygen atoms in total. The van der Waals surface area contributed by atoms with Crippen molar-refractivity contribution in [3.8, 4) is 5.75 Å². The summed E-state index contributed by atoms with van der Waals surface area (Å²) in [4.78, 5) is 4.08. The highest BCUT2D eigenvalue weighted by Crippen LogP contribution is 2.17. The topological polar surface area (TPSA) is 53.1 Å². The lowest BCUT2D eigenvalue weighted by molar-refractivity contribution is 0.415. The van der Waals surface area contributed by atoms with Crippen LogP contribution in [0.3, 0.4) is 0 Å². The number of nitrogen functional groups attached to an aromatic ring is 1. The van der Waals surface area contributed by atoms with Gasteiger partial charge < -0.3 is 10.6 Å². The molecule has 62 valence electrons. The second-order valence-electron chi connectivity index (χ2n) is 2.51. The summed E-state index contributed by atoms with van der Waals surface area (Å²) < 4.78 is 6.52. The van der Waals surface area contributed by atoms with Gasteiger partial charge >= 0.3 is 0 Å². The number of fused-ring (bicyclic) bond motifs is 1. The molecule has 0 radical (unpaired) electrons. The predicted octanol–water partition coefficient (Wildman–Crippen LogP) is 0.759. The van der Waals surface area contributed by atoms with E-state index < -0.39 is 0 Å². The van der Waals surface area contributed by atoms with Gasteiger partial charge in [0.25, 0.3) is 0 Å². The summed E-state index contributed by atoms with van der Waals surface area (Å²) in [5.74, 6) is 6.37. The smallest absolute Gasteiger partial charge is 0.121 e. The summed E-state index contributed by atoms with van der Waals surface area (Å²) in [5, 5.41) is 0. The van der Waals surface area contributed by atoms with Crippen molar-refractivity contribution >= 4 is 11.0 Å². The van der Waals surface area contributed by atoms with Crippen molar-refractivity contribution in [3.63, 3.8) is 0 Å². The Balaban J connectivity index is 2.69. The van der Waals surface area contributed by atoms with Gasteiger partial charge in [0.15, 0.2) is 0 Å². The van der Waals surface area contributed by atoms with Crippen LogP contribution in [0, 0.1) is 0 Å². The number of imidazole rings is 1. The lowest BCUT2D eigenvalue weighted by atomic mass is 10.3. The Kier molecular flexibility index (Phi) is 1.40. The van der Waals surface area contributed by atoms with Crippen LogP contribution < -0.4 is 10.6 Å². The molecular formula is C8H9N3O. The van der Waals surface area contributed by atoms with E-state index in [0.717, 1.165) is 16.8 Å². The van der Waals surface area contributed by atoms with Crippen LogP contribution in [-0.4, -0.2) is 16.8 Å². The summed E-state index contributed by atoms with van der Waals surface area (Å²) >= 11 is 0. The number of rotatable bonds is 1. The molecule has 1 heterocycles. The minimum absolute atomic E-state index is 0.793. The fourth-order valence-electron chi connectivity index (χ4n) is 1.14. The van der Waals surface area contributed by atoms with Gasteiger partial charge in [-0.3, -0.25) is 0 Å². The van der Waals surface area contributed by atoms with Crippen LogP contribution in [0.25, 0.3) is 11.0 Å². The molecule has 0 aliphatic rings. The van der Waals surface area contributed by atoms with Gasteiger partial charge in [-0.15, -0.1) is 0 Å². The molecule has 0 unspecified atom stereocenters. The van der Waals surface area contributed by atoms with Crippen LogP contribution in [0.1, 0.15) is 0 Å². The number of hydrogen-bond donors (Lipinski definition) is 1. The van der Waals surface area contributed by atoms with Crippen molar-refractivity contribution in [2.24, 2.45) is 0 Å². The van der Waals surface area contributed by atoms with Crippen LogP contribution in [-0.2, 0) is 0 Å². The quantitative estimate of drug-likeness (QED) is 0.631. The molecule has 0 bridgehead atoms. The van der Waals surface area contributed by atoms with Crippen LogP contribution in [0.4, 0.5) is 0 Å². The number of ether oxygens (including phenoxy) is 1. The minimum Gasteiger partial charge on any atom is -0.497 e. The van der Waals surface area contributed by atoms with E-state index in [1.54, 1.807) is 13.4 Å². The van der Waals surface area contributed by atoms with Crippen molar-refractivity contribution in [1.82, 2.24) is 9.66 Å². The molecule has 1 aromatic carbocycles. The summed E-state index contributed by atoms with van der Waals surface area (Å²) in [7, 11) is 1.63. The maximum absolute atomic E-state index is 5.58. The molecule has 1 aromatic heterocycles. The Morgan fingerprint density at radius 2 is 2.33 bits per heavy atom. The maximum Gasteiger partial charge on any atom is 0.121 e. The van der Waals surface area contributed by atoms with Crippen LogP contribution in [0.5, 0.6) is 5.75 Å². The van der Waals surface area contributed by atoms with Crippen molar-refractivity contribution in [3.05, 3.63) is 24.5 Å². The fourth-order valence-corrected chi connectivity index (χ4v) is 1.14. The lowest BCUT2D eigenvalue weighted by Crippen LogP contribution is -2.04. The third-order valence-corrected chi connectivity index (χ3v) is 1.78. The summed E-state index contributed by atoms with van der Waals surface area (Å²) in [5.41, 5.74) is 1.74. The highest BCUT2D eigenvalue weighted by atomic mass is 16.5. The number of nitrogens with zero attached hydrogens (tertiary/aromatic N) is 2. The van der Waals surface area contributed by atoms with Gasteiger partial charge in [-0.25, -0.2) is 9.66 Å². The van der Waals surface area contributed by atoms with Crippen molar-refractivity contribution < 1.29 is 4.74 Å². The summed E-state index contributed by atoms with van der Waals surface area (Å²) in [6.45, 7) is 0. The van der Waals surface area contributed by atoms with Crippen LogP contribution >= 0.6 is 0 Å². The van der Waals surface area contributed by atoms with E-state index in [1.165, 1.54) is 4.68 Å². The highest BCUT2D eigenvalue weighted by molar-refractivity contribution is 5.76. The van der Waals surface area contributed by atoms with E-state index in [4.69, 9.17) is 10.6 Å². The van der Waals surface area contributed by atoms with Crippen molar-refractivity contribution in [2.75, 3.05) is 13.0 Å². The van der Waals surface area contributed by atoms with Gasteiger partial charge in [-0.1, -0.05) is 0 Å². The molecule has 2 N–H and O–H groups in total. The first-order valence-corrected chi connectivity index (χ1v) is 3.57. The van der Waals surface area contributed by atoms with E-state index in [9.17, 15) is 0 Å².